The predicted octanol–water partition coefficient (Wildman–Crippen LogP) is 3.24. The molecule has 3 rings (SSSR count). The van der Waals surface area contributed by atoms with Crippen LogP contribution in [0.5, 0.6) is 5.75 Å². The van der Waals surface area contributed by atoms with Gasteiger partial charge in [0.05, 0.1) is 11.6 Å². The number of urea groups is 1. The zero-order valence-corrected chi connectivity index (χ0v) is 18.8. The van der Waals surface area contributed by atoms with Gasteiger partial charge in [0, 0.05) is 0 Å². The van der Waals surface area contributed by atoms with E-state index in [1.54, 1.807) is 19.9 Å². The normalized spacial score (nSPS) is 17.8. The van der Waals surface area contributed by atoms with Crippen LogP contribution in [0.15, 0.2) is 30.3 Å². The molecule has 1 unspecified atom stereocenters. The van der Waals surface area contributed by atoms with Crippen LogP contribution in [0.4, 0.5) is 18.6 Å². The Hall–Kier alpha value is -3.54. The van der Waals surface area contributed by atoms with Crippen LogP contribution in [-0.2, 0) is 19.9 Å². The molecule has 4 amide bonds. The van der Waals surface area contributed by atoms with E-state index < -0.39 is 42.5 Å². The third-order valence-corrected chi connectivity index (χ3v) is 6.01. The fourth-order valence-electron chi connectivity index (χ4n) is 3.27. The molecule has 0 saturated carbocycles. The molecular formula is C21H21F2N3O6S. The highest BCUT2D eigenvalue weighted by molar-refractivity contribution is 7.18. The van der Waals surface area contributed by atoms with Crippen LogP contribution in [0, 0.1) is 6.92 Å². The molecular weight excluding hydrogens is 460 g/mol. The van der Waals surface area contributed by atoms with Crippen molar-refractivity contribution in [2.75, 3.05) is 18.5 Å². The second-order valence-electron chi connectivity index (χ2n) is 7.24. The van der Waals surface area contributed by atoms with Gasteiger partial charge < -0.3 is 20.1 Å². The van der Waals surface area contributed by atoms with Crippen molar-refractivity contribution in [2.45, 2.75) is 32.9 Å². The molecule has 1 aromatic heterocycles. The minimum Gasteiger partial charge on any atom is -0.462 e. The largest absolute Gasteiger partial charge is 0.462 e. The number of aryl methyl sites for hydroxylation is 1. The summed E-state index contributed by atoms with van der Waals surface area (Å²) in [5.74, 6) is -1.92. The molecule has 2 heterocycles. The maximum atomic E-state index is 13.0. The lowest BCUT2D eigenvalue weighted by molar-refractivity contribution is -0.133. The first-order chi connectivity index (χ1) is 15.5. The summed E-state index contributed by atoms with van der Waals surface area (Å²) in [6.07, 6.45) is 0. The molecule has 0 bridgehead atoms. The van der Waals surface area contributed by atoms with E-state index in [9.17, 15) is 28.0 Å². The number of benzene rings is 1. The highest BCUT2D eigenvalue weighted by Gasteiger charge is 2.49. The zero-order chi connectivity index (χ0) is 24.3. The molecule has 0 radical (unpaired) electrons. The van der Waals surface area contributed by atoms with Gasteiger partial charge in [-0.2, -0.15) is 8.78 Å². The maximum Gasteiger partial charge on any atom is 0.387 e. The van der Waals surface area contributed by atoms with Crippen LogP contribution in [0.3, 0.4) is 0 Å². The molecule has 12 heteroatoms. The molecule has 0 spiro atoms. The van der Waals surface area contributed by atoms with Gasteiger partial charge >= 0.3 is 18.6 Å². The van der Waals surface area contributed by atoms with Crippen molar-refractivity contribution in [1.29, 1.82) is 0 Å². The number of hydrogen-bond acceptors (Lipinski definition) is 7. The van der Waals surface area contributed by atoms with Crippen LogP contribution < -0.4 is 15.4 Å². The SMILES string of the molecule is CCOC(=O)c1sc(NC(=O)CN2C(=O)NC(C)(c3ccc(OC(F)F)cc3)C2=O)cc1C. The van der Waals surface area contributed by atoms with E-state index in [2.05, 4.69) is 15.4 Å². The summed E-state index contributed by atoms with van der Waals surface area (Å²) in [6, 6.07) is 6.08. The second kappa shape index (κ2) is 9.53. The van der Waals surface area contributed by atoms with Crippen molar-refractivity contribution in [3.63, 3.8) is 0 Å². The lowest BCUT2D eigenvalue weighted by atomic mass is 9.92. The number of rotatable bonds is 8. The van der Waals surface area contributed by atoms with Crippen LogP contribution >= 0.6 is 11.3 Å². The van der Waals surface area contributed by atoms with E-state index in [0.29, 0.717) is 21.0 Å². The van der Waals surface area contributed by atoms with E-state index in [0.717, 1.165) is 16.2 Å². The number of nitrogens with zero attached hydrogens (tertiary/aromatic N) is 1. The Labute approximate surface area is 191 Å². The van der Waals surface area contributed by atoms with Crippen LogP contribution in [-0.4, -0.2) is 48.5 Å². The predicted molar refractivity (Wildman–Crippen MR) is 114 cm³/mol. The number of nitrogens with one attached hydrogen (secondary N) is 2. The molecule has 0 aliphatic carbocycles. The summed E-state index contributed by atoms with van der Waals surface area (Å²) >= 11 is 1.02. The molecule has 176 valence electrons. The Morgan fingerprint density at radius 1 is 1.24 bits per heavy atom. The van der Waals surface area contributed by atoms with Gasteiger partial charge in [0.15, 0.2) is 0 Å². The van der Waals surface area contributed by atoms with Gasteiger partial charge in [0.2, 0.25) is 5.91 Å². The maximum absolute atomic E-state index is 13.0. The quantitative estimate of drug-likeness (QED) is 0.442. The van der Waals surface area contributed by atoms with Crippen molar-refractivity contribution < 1.29 is 37.4 Å². The molecule has 1 atom stereocenters. The number of alkyl halides is 2. The zero-order valence-electron chi connectivity index (χ0n) is 17.9. The Kier molecular flexibility index (Phi) is 6.96. The van der Waals surface area contributed by atoms with E-state index >= 15 is 0 Å². The Morgan fingerprint density at radius 3 is 2.52 bits per heavy atom. The summed E-state index contributed by atoms with van der Waals surface area (Å²) in [5, 5.41) is 5.46. The third kappa shape index (κ3) is 5.11. The standard InChI is InChI=1S/C21H21F2N3O6S/c1-4-31-17(28)16-11(2)9-15(33-16)24-14(27)10-26-18(29)21(3,25-20(26)30)12-5-7-13(8-6-12)32-19(22)23/h5-9,19H,4,10H2,1-3H3,(H,24,27)(H,25,30). The molecule has 1 fully saturated rings. The molecule has 1 aliphatic rings. The number of hydrogen-bond donors (Lipinski definition) is 2. The van der Waals surface area contributed by atoms with Crippen molar-refractivity contribution in [1.82, 2.24) is 10.2 Å². The van der Waals surface area contributed by atoms with Gasteiger partial charge in [-0.1, -0.05) is 12.1 Å². The van der Waals surface area contributed by atoms with Crippen molar-refractivity contribution in [3.05, 3.63) is 46.3 Å². The number of halogens is 2. The smallest absolute Gasteiger partial charge is 0.387 e. The molecule has 1 aromatic carbocycles. The summed E-state index contributed by atoms with van der Waals surface area (Å²) in [7, 11) is 0. The monoisotopic (exact) mass is 481 g/mol. The van der Waals surface area contributed by atoms with E-state index in [4.69, 9.17) is 4.74 Å². The topological polar surface area (TPSA) is 114 Å². The third-order valence-electron chi connectivity index (χ3n) is 4.87. The van der Waals surface area contributed by atoms with Crippen LogP contribution in [0.1, 0.15) is 34.6 Å². The Bertz CT molecular complexity index is 1090. The van der Waals surface area contributed by atoms with E-state index in [-0.39, 0.29) is 12.4 Å². The van der Waals surface area contributed by atoms with Crippen LogP contribution in [0.2, 0.25) is 0 Å². The molecule has 33 heavy (non-hydrogen) atoms. The number of ether oxygens (including phenoxy) is 2. The fourth-order valence-corrected chi connectivity index (χ4v) is 4.25. The van der Waals surface area contributed by atoms with E-state index in [1.807, 2.05) is 0 Å². The van der Waals surface area contributed by atoms with Crippen molar-refractivity contribution >= 4 is 40.2 Å². The van der Waals surface area contributed by atoms with Gasteiger partial charge in [-0.25, -0.2) is 9.59 Å². The highest BCUT2D eigenvalue weighted by Crippen LogP contribution is 2.31. The van der Waals surface area contributed by atoms with Gasteiger partial charge in [-0.05, 0) is 50.1 Å². The average molecular weight is 481 g/mol. The molecule has 2 aromatic rings. The first kappa shape index (κ1) is 24.1. The minimum atomic E-state index is -2.99. The number of carbonyl (C=O) groups excluding carboxylic acids is 4. The van der Waals surface area contributed by atoms with Crippen molar-refractivity contribution in [3.8, 4) is 5.75 Å². The van der Waals surface area contributed by atoms with E-state index in [1.165, 1.54) is 31.2 Å². The number of thiophene rings is 1. The lowest BCUT2D eigenvalue weighted by Crippen LogP contribution is -2.42. The Balaban J connectivity index is 1.69. The van der Waals surface area contributed by atoms with Gasteiger partial charge in [-0.3, -0.25) is 14.5 Å². The first-order valence-electron chi connectivity index (χ1n) is 9.82. The highest BCUT2D eigenvalue weighted by atomic mass is 32.1. The lowest BCUT2D eigenvalue weighted by Gasteiger charge is -2.22. The van der Waals surface area contributed by atoms with Crippen LogP contribution in [0.25, 0.3) is 0 Å². The van der Waals surface area contributed by atoms with Crippen molar-refractivity contribution in [2.24, 2.45) is 0 Å². The average Bonchev–Trinajstić information content (AvgIpc) is 3.20. The first-order valence-corrected chi connectivity index (χ1v) is 10.6. The molecule has 9 nitrogen and oxygen atoms in total. The number of amides is 4. The number of esters is 1. The fraction of sp³-hybridized carbons (Fsp3) is 0.333. The molecule has 1 saturated heterocycles. The number of imide groups is 1. The summed E-state index contributed by atoms with van der Waals surface area (Å²) in [5.41, 5.74) is -0.536. The summed E-state index contributed by atoms with van der Waals surface area (Å²) < 4.78 is 33.9. The summed E-state index contributed by atoms with van der Waals surface area (Å²) in [4.78, 5) is 50.9. The minimum absolute atomic E-state index is 0.0983. The summed E-state index contributed by atoms with van der Waals surface area (Å²) in [6.45, 7) is 1.49. The molecule has 1 aliphatic heterocycles. The number of carbonyl (C=O) groups is 4. The Morgan fingerprint density at radius 2 is 1.91 bits per heavy atom. The molecule has 2 N–H and O–H groups in total. The number of anilines is 1. The van der Waals surface area contributed by atoms with Gasteiger partial charge in [0.1, 0.15) is 22.7 Å². The van der Waals surface area contributed by atoms with Gasteiger partial charge in [0.25, 0.3) is 5.91 Å². The second-order valence-corrected chi connectivity index (χ2v) is 8.29. The van der Waals surface area contributed by atoms with Gasteiger partial charge in [-0.15, -0.1) is 11.3 Å².